The normalized spacial score (nSPS) is 12.2. The van der Waals surface area contributed by atoms with Crippen molar-refractivity contribution in [3.63, 3.8) is 0 Å². The third-order valence-corrected chi connectivity index (χ3v) is 3.71. The molecule has 0 aliphatic carbocycles. The Balaban J connectivity index is 3.47. The fourth-order valence-corrected chi connectivity index (χ4v) is 2.37. The summed E-state index contributed by atoms with van der Waals surface area (Å²) in [5.74, 6) is 0.670. The van der Waals surface area contributed by atoms with Gasteiger partial charge in [0.2, 0.25) is 5.91 Å². The minimum absolute atomic E-state index is 0.0845. The third-order valence-electron chi connectivity index (χ3n) is 3.71. The molecular formula is C15H23NO3. The number of carbonyl (C=O) groups is 1. The number of likely N-dealkylation sites (N-methyl/N-ethyl adjacent to an activating group) is 1. The predicted octanol–water partition coefficient (Wildman–Crippen LogP) is 2.13. The van der Waals surface area contributed by atoms with Crippen molar-refractivity contribution in [2.75, 3.05) is 20.8 Å². The van der Waals surface area contributed by atoms with E-state index in [-0.39, 0.29) is 18.6 Å². The lowest BCUT2D eigenvalue weighted by Crippen LogP contribution is -2.32. The number of methoxy groups -OCH3 is 1. The molecule has 0 aromatic heterocycles. The number of carbonyl (C=O) groups excluding carboxylic acids is 1. The molecule has 0 aliphatic rings. The number of benzene rings is 1. The van der Waals surface area contributed by atoms with Crippen LogP contribution in [0.3, 0.4) is 0 Å². The second-order valence-corrected chi connectivity index (χ2v) is 4.91. The molecule has 1 aromatic rings. The summed E-state index contributed by atoms with van der Waals surface area (Å²) >= 11 is 0. The van der Waals surface area contributed by atoms with E-state index in [1.54, 1.807) is 19.1 Å². The molecule has 19 heavy (non-hydrogen) atoms. The molecule has 0 radical (unpaired) electrons. The number of aliphatic hydroxyl groups is 1. The first-order chi connectivity index (χ1) is 8.84. The average Bonchev–Trinajstić information content (AvgIpc) is 2.36. The van der Waals surface area contributed by atoms with Gasteiger partial charge in [0, 0.05) is 19.5 Å². The Morgan fingerprint density at radius 3 is 2.37 bits per heavy atom. The Labute approximate surface area is 115 Å². The zero-order valence-electron chi connectivity index (χ0n) is 12.6. The lowest BCUT2D eigenvalue weighted by atomic mass is 9.93. The Hall–Kier alpha value is -1.55. The Morgan fingerprint density at radius 1 is 1.37 bits per heavy atom. The molecule has 1 amide bonds. The summed E-state index contributed by atoms with van der Waals surface area (Å²) in [5.41, 5.74) is 4.08. The number of amides is 1. The molecule has 0 heterocycles. The first kappa shape index (κ1) is 15.5. The number of nitrogens with zero attached hydrogens (tertiary/aromatic N) is 1. The topological polar surface area (TPSA) is 49.8 Å². The van der Waals surface area contributed by atoms with Crippen LogP contribution in [0.2, 0.25) is 0 Å². The van der Waals surface area contributed by atoms with Crippen LogP contribution in [0, 0.1) is 20.8 Å². The Kier molecular flexibility index (Phi) is 4.95. The van der Waals surface area contributed by atoms with E-state index >= 15 is 0 Å². The van der Waals surface area contributed by atoms with Crippen molar-refractivity contribution in [3.05, 3.63) is 28.3 Å². The number of hydrogen-bond donors (Lipinski definition) is 1. The number of rotatable bonds is 4. The molecule has 0 fully saturated rings. The SMILES string of the molecule is COc1c(C)c(C)cc(C)c1C(CO)N(C)C(C)=O. The van der Waals surface area contributed by atoms with Crippen LogP contribution in [0.25, 0.3) is 0 Å². The summed E-state index contributed by atoms with van der Waals surface area (Å²) in [6.45, 7) is 7.35. The highest BCUT2D eigenvalue weighted by Crippen LogP contribution is 2.36. The van der Waals surface area contributed by atoms with Crippen LogP contribution < -0.4 is 4.74 Å². The number of hydrogen-bond acceptors (Lipinski definition) is 3. The van der Waals surface area contributed by atoms with Crippen molar-refractivity contribution < 1.29 is 14.6 Å². The summed E-state index contributed by atoms with van der Waals surface area (Å²) in [7, 11) is 3.31. The molecule has 106 valence electrons. The van der Waals surface area contributed by atoms with Gasteiger partial charge in [-0.15, -0.1) is 0 Å². The second kappa shape index (κ2) is 6.06. The second-order valence-electron chi connectivity index (χ2n) is 4.91. The van der Waals surface area contributed by atoms with Crippen LogP contribution >= 0.6 is 0 Å². The zero-order valence-corrected chi connectivity index (χ0v) is 12.6. The maximum atomic E-state index is 11.6. The van der Waals surface area contributed by atoms with Gasteiger partial charge in [-0.3, -0.25) is 4.79 Å². The van der Waals surface area contributed by atoms with Crippen LogP contribution in [0.15, 0.2) is 6.07 Å². The largest absolute Gasteiger partial charge is 0.496 e. The molecule has 1 atom stereocenters. The van der Waals surface area contributed by atoms with Gasteiger partial charge in [0.1, 0.15) is 5.75 Å². The molecule has 4 heteroatoms. The van der Waals surface area contributed by atoms with Gasteiger partial charge < -0.3 is 14.7 Å². The summed E-state index contributed by atoms with van der Waals surface area (Å²) < 4.78 is 5.50. The van der Waals surface area contributed by atoms with E-state index in [1.807, 2.05) is 20.8 Å². The monoisotopic (exact) mass is 265 g/mol. The highest BCUT2D eigenvalue weighted by molar-refractivity contribution is 5.74. The minimum atomic E-state index is -0.383. The Bertz CT molecular complexity index is 483. The highest BCUT2D eigenvalue weighted by Gasteiger charge is 2.25. The van der Waals surface area contributed by atoms with Gasteiger partial charge in [-0.25, -0.2) is 0 Å². The molecule has 0 saturated heterocycles. The molecule has 1 N–H and O–H groups in total. The van der Waals surface area contributed by atoms with E-state index < -0.39 is 0 Å². The van der Waals surface area contributed by atoms with E-state index in [1.165, 1.54) is 6.92 Å². The molecule has 0 aliphatic heterocycles. The van der Waals surface area contributed by atoms with Crippen LogP contribution in [0.1, 0.15) is 35.2 Å². The van der Waals surface area contributed by atoms with Gasteiger partial charge in [0.15, 0.2) is 0 Å². The standard InChI is InChI=1S/C15H23NO3/c1-9-7-10(2)14(15(19-6)11(9)3)13(8-17)16(5)12(4)18/h7,13,17H,8H2,1-6H3. The van der Waals surface area contributed by atoms with Crippen molar-refractivity contribution in [1.29, 1.82) is 0 Å². The molecule has 0 bridgehead atoms. The van der Waals surface area contributed by atoms with Gasteiger partial charge in [-0.1, -0.05) is 6.07 Å². The van der Waals surface area contributed by atoms with Gasteiger partial charge in [0.25, 0.3) is 0 Å². The van der Waals surface area contributed by atoms with Gasteiger partial charge >= 0.3 is 0 Å². The molecule has 1 aromatic carbocycles. The van der Waals surface area contributed by atoms with Crippen LogP contribution in [-0.4, -0.2) is 36.7 Å². The number of aryl methyl sites for hydroxylation is 2. The quantitative estimate of drug-likeness (QED) is 0.907. The zero-order chi connectivity index (χ0) is 14.7. The van der Waals surface area contributed by atoms with Crippen molar-refractivity contribution in [1.82, 2.24) is 4.90 Å². The summed E-state index contributed by atoms with van der Waals surface area (Å²) in [6.07, 6.45) is 0. The maximum Gasteiger partial charge on any atom is 0.219 e. The molecule has 4 nitrogen and oxygen atoms in total. The first-order valence-electron chi connectivity index (χ1n) is 6.34. The summed E-state index contributed by atoms with van der Waals surface area (Å²) in [5, 5.41) is 9.65. The minimum Gasteiger partial charge on any atom is -0.496 e. The van der Waals surface area contributed by atoms with Crippen LogP contribution in [0.5, 0.6) is 5.75 Å². The lowest BCUT2D eigenvalue weighted by molar-refractivity contribution is -0.130. The third kappa shape index (κ3) is 2.89. The fourth-order valence-electron chi connectivity index (χ4n) is 2.37. The van der Waals surface area contributed by atoms with Crippen LogP contribution in [0.4, 0.5) is 0 Å². The lowest BCUT2D eigenvalue weighted by Gasteiger charge is -2.29. The van der Waals surface area contributed by atoms with Crippen molar-refractivity contribution >= 4 is 5.91 Å². The average molecular weight is 265 g/mol. The fraction of sp³-hybridized carbons (Fsp3) is 0.533. The van der Waals surface area contributed by atoms with E-state index in [0.29, 0.717) is 0 Å². The highest BCUT2D eigenvalue weighted by atomic mass is 16.5. The van der Waals surface area contributed by atoms with E-state index in [9.17, 15) is 9.90 Å². The van der Waals surface area contributed by atoms with Gasteiger partial charge in [-0.05, 0) is 37.5 Å². The number of aliphatic hydroxyl groups excluding tert-OH is 1. The van der Waals surface area contributed by atoms with Crippen molar-refractivity contribution in [3.8, 4) is 5.75 Å². The van der Waals surface area contributed by atoms with Crippen LogP contribution in [-0.2, 0) is 4.79 Å². The van der Waals surface area contributed by atoms with E-state index in [0.717, 1.165) is 28.0 Å². The molecular weight excluding hydrogens is 242 g/mol. The van der Waals surface area contributed by atoms with Crippen molar-refractivity contribution in [2.24, 2.45) is 0 Å². The molecule has 0 spiro atoms. The molecule has 1 unspecified atom stereocenters. The maximum absolute atomic E-state index is 11.6. The Morgan fingerprint density at radius 2 is 1.95 bits per heavy atom. The first-order valence-corrected chi connectivity index (χ1v) is 6.34. The van der Waals surface area contributed by atoms with Gasteiger partial charge in [0.05, 0.1) is 19.8 Å². The molecule has 0 saturated carbocycles. The molecule has 1 rings (SSSR count). The predicted molar refractivity (Wildman–Crippen MR) is 75.5 cm³/mol. The van der Waals surface area contributed by atoms with E-state index in [4.69, 9.17) is 4.74 Å². The summed E-state index contributed by atoms with van der Waals surface area (Å²) in [4.78, 5) is 13.1. The number of ether oxygens (including phenoxy) is 1. The van der Waals surface area contributed by atoms with Crippen molar-refractivity contribution in [2.45, 2.75) is 33.7 Å². The summed E-state index contributed by atoms with van der Waals surface area (Å²) in [6, 6.07) is 1.68. The van der Waals surface area contributed by atoms with Gasteiger partial charge in [-0.2, -0.15) is 0 Å². The van der Waals surface area contributed by atoms with E-state index in [2.05, 4.69) is 6.07 Å². The smallest absolute Gasteiger partial charge is 0.219 e.